The molecular weight excluding hydrogens is 327 g/mol. The van der Waals surface area contributed by atoms with Crippen molar-refractivity contribution in [2.45, 2.75) is 39.9 Å². The fourth-order valence-electron chi connectivity index (χ4n) is 3.59. The number of benzene rings is 1. The predicted molar refractivity (Wildman–Crippen MR) is 102 cm³/mol. The quantitative estimate of drug-likeness (QED) is 0.811. The van der Waals surface area contributed by atoms with Crippen LogP contribution in [0.4, 0.5) is 5.69 Å². The Bertz CT molecular complexity index is 886. The van der Waals surface area contributed by atoms with Crippen LogP contribution in [0.3, 0.4) is 0 Å². The first-order valence-corrected chi connectivity index (χ1v) is 8.73. The van der Waals surface area contributed by atoms with E-state index >= 15 is 0 Å². The van der Waals surface area contributed by atoms with E-state index in [2.05, 4.69) is 24.3 Å². The minimum Gasteiger partial charge on any atom is -0.385 e. The maximum absolute atomic E-state index is 12.6. The monoisotopic (exact) mass is 350 g/mol. The zero-order chi connectivity index (χ0) is 19.1. The lowest BCUT2D eigenvalue weighted by Gasteiger charge is -2.29. The van der Waals surface area contributed by atoms with Crippen molar-refractivity contribution < 1.29 is 9.59 Å². The molecule has 1 aliphatic rings. The molecule has 2 aromatic rings. The zero-order valence-electron chi connectivity index (χ0n) is 15.4. The summed E-state index contributed by atoms with van der Waals surface area (Å²) in [6.07, 6.45) is 1.72. The van der Waals surface area contributed by atoms with Crippen LogP contribution in [0.15, 0.2) is 18.2 Å². The van der Waals surface area contributed by atoms with Crippen LogP contribution in [0, 0.1) is 12.3 Å². The Kier molecular flexibility index (Phi) is 4.65. The molecule has 2 radical (unpaired) electrons. The van der Waals surface area contributed by atoms with Gasteiger partial charge in [0, 0.05) is 18.7 Å². The molecule has 1 aliphatic carbocycles. The van der Waals surface area contributed by atoms with Crippen LogP contribution in [0.25, 0.3) is 5.69 Å². The third kappa shape index (κ3) is 3.26. The number of nitrogens with two attached hydrogens (primary N) is 1. The molecule has 7 heteroatoms. The van der Waals surface area contributed by atoms with Crippen molar-refractivity contribution in [3.8, 4) is 5.69 Å². The van der Waals surface area contributed by atoms with Crippen molar-refractivity contribution in [3.05, 3.63) is 40.7 Å². The zero-order valence-corrected chi connectivity index (χ0v) is 15.4. The number of aryl methyl sites for hydroxylation is 1. The summed E-state index contributed by atoms with van der Waals surface area (Å²) in [7, 11) is 5.56. The topological polar surface area (TPSA) is 90.0 Å². The summed E-state index contributed by atoms with van der Waals surface area (Å²) in [5.41, 5.74) is 9.52. The standard InChI is InChI=1S/C19H23BN4O2/c1-11-17-15(9-19(2,3)10-16(17)25)24(23-11)12-4-5-13(18(21)26)14(8-12)22-7-6-20/h4-5,8,22H,6-7,9-10H2,1-3H3,(H2,21,26). The molecule has 0 bridgehead atoms. The van der Waals surface area contributed by atoms with Crippen molar-refractivity contribution in [2.24, 2.45) is 11.1 Å². The number of hydrogen-bond acceptors (Lipinski definition) is 4. The predicted octanol–water partition coefficient (Wildman–Crippen LogP) is 2.43. The van der Waals surface area contributed by atoms with Gasteiger partial charge in [-0.05, 0) is 37.0 Å². The Balaban J connectivity index is 2.12. The van der Waals surface area contributed by atoms with Crippen LogP contribution in [-0.4, -0.2) is 35.9 Å². The average Bonchev–Trinajstić information content (AvgIpc) is 2.87. The molecule has 1 aromatic carbocycles. The van der Waals surface area contributed by atoms with Gasteiger partial charge in [-0.2, -0.15) is 5.10 Å². The number of carbonyl (C=O) groups is 2. The van der Waals surface area contributed by atoms with Crippen LogP contribution in [-0.2, 0) is 6.42 Å². The molecule has 1 amide bonds. The number of anilines is 1. The minimum absolute atomic E-state index is 0.109. The first kappa shape index (κ1) is 18.2. The number of amides is 1. The van der Waals surface area contributed by atoms with Crippen LogP contribution in [0.5, 0.6) is 0 Å². The van der Waals surface area contributed by atoms with Gasteiger partial charge in [0.15, 0.2) is 5.78 Å². The number of hydrogen-bond donors (Lipinski definition) is 2. The summed E-state index contributed by atoms with van der Waals surface area (Å²) in [6, 6.07) is 5.30. The molecule has 3 rings (SSSR count). The molecule has 0 unspecified atom stereocenters. The van der Waals surface area contributed by atoms with Crippen LogP contribution in [0.1, 0.15) is 52.4 Å². The number of rotatable bonds is 5. The van der Waals surface area contributed by atoms with Crippen LogP contribution in [0.2, 0.25) is 6.32 Å². The molecule has 0 saturated carbocycles. The third-order valence-electron chi connectivity index (χ3n) is 4.69. The van der Waals surface area contributed by atoms with Crippen LogP contribution < -0.4 is 11.1 Å². The summed E-state index contributed by atoms with van der Waals surface area (Å²) in [5.74, 6) is -0.374. The van der Waals surface area contributed by atoms with E-state index in [1.54, 1.807) is 12.1 Å². The van der Waals surface area contributed by atoms with Gasteiger partial charge in [0.05, 0.1) is 36.0 Å². The number of primary amides is 1. The molecule has 1 heterocycles. The fraction of sp³-hybridized carbons (Fsp3) is 0.421. The van der Waals surface area contributed by atoms with Crippen molar-refractivity contribution in [1.82, 2.24) is 9.78 Å². The number of nitrogens with zero attached hydrogens (tertiary/aromatic N) is 2. The van der Waals surface area contributed by atoms with Gasteiger partial charge in [-0.15, -0.1) is 0 Å². The van der Waals surface area contributed by atoms with E-state index in [9.17, 15) is 9.59 Å². The fourth-order valence-corrected chi connectivity index (χ4v) is 3.59. The second kappa shape index (κ2) is 6.63. The molecule has 26 heavy (non-hydrogen) atoms. The van der Waals surface area contributed by atoms with Gasteiger partial charge < -0.3 is 11.1 Å². The van der Waals surface area contributed by atoms with Gasteiger partial charge >= 0.3 is 0 Å². The number of aromatic nitrogens is 2. The molecule has 0 spiro atoms. The number of carbonyl (C=O) groups excluding carboxylic acids is 2. The molecule has 1 aromatic heterocycles. The van der Waals surface area contributed by atoms with E-state index in [0.717, 1.165) is 29.1 Å². The molecule has 3 N–H and O–H groups in total. The largest absolute Gasteiger partial charge is 0.385 e. The smallest absolute Gasteiger partial charge is 0.250 e. The van der Waals surface area contributed by atoms with E-state index in [0.29, 0.717) is 30.5 Å². The highest BCUT2D eigenvalue weighted by atomic mass is 16.1. The van der Waals surface area contributed by atoms with E-state index in [1.807, 2.05) is 17.7 Å². The van der Waals surface area contributed by atoms with Crippen molar-refractivity contribution in [1.29, 1.82) is 0 Å². The summed E-state index contributed by atoms with van der Waals surface area (Å²) in [6.45, 7) is 6.55. The van der Waals surface area contributed by atoms with E-state index in [-0.39, 0.29) is 11.2 Å². The Morgan fingerprint density at radius 1 is 1.38 bits per heavy atom. The van der Waals surface area contributed by atoms with E-state index < -0.39 is 5.91 Å². The lowest BCUT2D eigenvalue weighted by atomic mass is 9.75. The third-order valence-corrected chi connectivity index (χ3v) is 4.69. The van der Waals surface area contributed by atoms with Gasteiger partial charge in [-0.1, -0.05) is 20.2 Å². The summed E-state index contributed by atoms with van der Waals surface area (Å²) in [4.78, 5) is 24.3. The number of ketones is 1. The second-order valence-corrected chi connectivity index (χ2v) is 7.57. The van der Waals surface area contributed by atoms with Crippen molar-refractivity contribution in [2.75, 3.05) is 11.9 Å². The first-order chi connectivity index (χ1) is 12.2. The lowest BCUT2D eigenvalue weighted by Crippen LogP contribution is -2.28. The highest BCUT2D eigenvalue weighted by Crippen LogP contribution is 2.37. The van der Waals surface area contributed by atoms with Gasteiger partial charge in [0.1, 0.15) is 0 Å². The van der Waals surface area contributed by atoms with Crippen molar-refractivity contribution >= 4 is 25.2 Å². The van der Waals surface area contributed by atoms with Crippen LogP contribution >= 0.6 is 0 Å². The van der Waals surface area contributed by atoms with Gasteiger partial charge in [0.25, 0.3) is 5.91 Å². The molecule has 134 valence electrons. The Morgan fingerprint density at radius 3 is 2.77 bits per heavy atom. The summed E-state index contributed by atoms with van der Waals surface area (Å²) in [5, 5.41) is 7.73. The van der Waals surface area contributed by atoms with Crippen molar-refractivity contribution in [3.63, 3.8) is 0 Å². The maximum atomic E-state index is 12.6. The van der Waals surface area contributed by atoms with E-state index in [4.69, 9.17) is 13.6 Å². The first-order valence-electron chi connectivity index (χ1n) is 8.73. The highest BCUT2D eigenvalue weighted by Gasteiger charge is 2.35. The molecule has 0 fully saturated rings. The SMILES string of the molecule is [B]CCNc1cc(-n2nc(C)c3c2CC(C)(C)CC3=O)ccc1C(N)=O. The summed E-state index contributed by atoms with van der Waals surface area (Å²) >= 11 is 0. The lowest BCUT2D eigenvalue weighted by molar-refractivity contribution is 0.0909. The molecule has 0 atom stereocenters. The Hall–Kier alpha value is -2.57. The van der Waals surface area contributed by atoms with Gasteiger partial charge in [-0.3, -0.25) is 9.59 Å². The van der Waals surface area contributed by atoms with Gasteiger partial charge in [-0.25, -0.2) is 4.68 Å². The normalized spacial score (nSPS) is 15.6. The minimum atomic E-state index is -0.508. The average molecular weight is 350 g/mol. The summed E-state index contributed by atoms with van der Waals surface area (Å²) < 4.78 is 1.81. The molecule has 0 saturated heterocycles. The molecular formula is C19H23BN4O2. The number of nitrogens with one attached hydrogen (secondary N) is 1. The Labute approximate surface area is 154 Å². The van der Waals surface area contributed by atoms with E-state index in [1.165, 1.54) is 0 Å². The molecule has 6 nitrogen and oxygen atoms in total. The molecule has 0 aliphatic heterocycles. The number of fused-ring (bicyclic) bond motifs is 1. The Morgan fingerprint density at radius 2 is 2.12 bits per heavy atom. The number of Topliss-reactive ketones (excluding diaryl/α,β-unsaturated/α-hetero) is 1. The second-order valence-electron chi connectivity index (χ2n) is 7.57. The highest BCUT2D eigenvalue weighted by molar-refractivity contribution is 6.08. The van der Waals surface area contributed by atoms with Gasteiger partial charge in [0.2, 0.25) is 0 Å². The maximum Gasteiger partial charge on any atom is 0.250 e.